The summed E-state index contributed by atoms with van der Waals surface area (Å²) in [4.78, 5) is 169. The average Bonchev–Trinajstić information content (AvgIpc) is 0.986. The highest BCUT2D eigenvalue weighted by Gasteiger charge is 2.20. The van der Waals surface area contributed by atoms with E-state index in [1.807, 2.05) is 60.4 Å². The summed E-state index contributed by atoms with van der Waals surface area (Å²) >= 11 is 6.11. The molecule has 0 radical (unpaired) electrons. The van der Waals surface area contributed by atoms with Crippen LogP contribution >= 0.6 is 31.9 Å². The molecule has 119 heavy (non-hydrogen) atoms. The summed E-state index contributed by atoms with van der Waals surface area (Å²) in [6.07, 6.45) is 6.91. The van der Waals surface area contributed by atoms with E-state index in [4.69, 9.17) is 70.8 Å². The maximum absolute atomic E-state index is 12.2. The Morgan fingerprint density at radius 2 is 0.958 bits per heavy atom. The number of pyridine rings is 4. The van der Waals surface area contributed by atoms with Gasteiger partial charge < -0.3 is 80.4 Å². The molecule has 6 aromatic heterocycles. The fraction of sp³-hybridized carbons (Fsp3) is 0.110. The number of morpholine rings is 2. The van der Waals surface area contributed by atoms with E-state index in [9.17, 15) is 57.5 Å². The zero-order chi connectivity index (χ0) is 87.5. The van der Waals surface area contributed by atoms with Gasteiger partial charge in [-0.05, 0) is 136 Å². The van der Waals surface area contributed by atoms with E-state index >= 15 is 0 Å². The summed E-state index contributed by atoms with van der Waals surface area (Å²) < 4.78 is 16.3. The predicted molar refractivity (Wildman–Crippen MR) is 433 cm³/mol. The van der Waals surface area contributed by atoms with Crippen LogP contribution in [0.1, 0.15) is 121 Å². The van der Waals surface area contributed by atoms with Crippen molar-refractivity contribution in [1.82, 2.24) is 29.9 Å². The van der Waals surface area contributed by atoms with Crippen molar-refractivity contribution in [3.8, 4) is 5.75 Å². The molecule has 35 nitrogen and oxygen atoms in total. The molecule has 13 N–H and O–H groups in total. The molecule has 2 saturated heterocycles. The third-order valence-corrected chi connectivity index (χ3v) is 16.3. The number of nitrogens with one attached hydrogen (secondary N) is 2. The second kappa shape index (κ2) is 49.4. The minimum atomic E-state index is -1.22. The fourth-order valence-corrected chi connectivity index (χ4v) is 10.1. The number of benzene rings is 6. The highest BCUT2D eigenvalue weighted by Crippen LogP contribution is 2.21. The number of hydrogen-bond donors (Lipinski definition) is 12. The van der Waals surface area contributed by atoms with Crippen molar-refractivity contribution in [3.63, 3.8) is 0 Å². The SMILES string of the molecule is Cc1ccc(C(=O)c2ccccc2C(=O)O)cc1.Nc1c[nH]c(=O)[nH]c1=O.O=C(O)c1ccc(Br)cn1.O=C(O)c1ccc(Br)o1.O=C(O)c1ccc(N2CCOCC2)cc1.O=C(O)c1ccc(N2CCOCC2)nc1.O=C(O)c1ccccc1C(=O)c1ccccc1.O=C(O)c1cnc2ccccc2c1.O=C(O)c1ncccc1O.O=C=O. The van der Waals surface area contributed by atoms with Gasteiger partial charge in [-0.3, -0.25) is 24.4 Å². The van der Waals surface area contributed by atoms with Crippen LogP contribution in [0.15, 0.2) is 260 Å². The second-order valence-corrected chi connectivity index (χ2v) is 25.1. The van der Waals surface area contributed by atoms with Gasteiger partial charge in [-0.2, -0.15) is 9.59 Å². The average molecular weight is 1760 g/mol. The first-order chi connectivity index (χ1) is 56.8. The zero-order valence-corrected chi connectivity index (χ0v) is 65.3. The van der Waals surface area contributed by atoms with Crippen LogP contribution in [-0.4, -0.2) is 194 Å². The second-order valence-electron chi connectivity index (χ2n) is 23.4. The normalized spacial score (nSPS) is 11.2. The number of furan rings is 1. The number of para-hydroxylation sites is 1. The van der Waals surface area contributed by atoms with E-state index in [2.05, 4.69) is 71.0 Å². The van der Waals surface area contributed by atoms with E-state index in [1.165, 1.54) is 79.4 Å². The molecule has 2 aliphatic heterocycles. The highest BCUT2D eigenvalue weighted by molar-refractivity contribution is 9.10. The third-order valence-electron chi connectivity index (χ3n) is 15.4. The van der Waals surface area contributed by atoms with Crippen LogP contribution in [0.25, 0.3) is 10.9 Å². The van der Waals surface area contributed by atoms with Crippen LogP contribution < -0.4 is 26.8 Å². The summed E-state index contributed by atoms with van der Waals surface area (Å²) in [6.45, 7) is 8.14. The molecule has 2 fully saturated rings. The smallest absolute Gasteiger partial charge is 0.373 e. The highest BCUT2D eigenvalue weighted by atomic mass is 79.9. The Bertz CT molecular complexity index is 5510. The molecule has 2 aliphatic rings. The van der Waals surface area contributed by atoms with Crippen LogP contribution in [-0.2, 0) is 19.1 Å². The number of ether oxygens (including phenoxy) is 2. The quantitative estimate of drug-likeness (QED) is 0.0450. The predicted octanol–water partition coefficient (Wildman–Crippen LogP) is 11.1. The number of carboxylic acids is 8. The minimum absolute atomic E-state index is 0.00889. The fourth-order valence-electron chi connectivity index (χ4n) is 9.57. The summed E-state index contributed by atoms with van der Waals surface area (Å²) in [6, 6.07) is 56.2. The molecule has 14 rings (SSSR count). The van der Waals surface area contributed by atoms with Crippen LogP contribution in [0.4, 0.5) is 17.2 Å². The number of carbonyl (C=O) groups is 10. The van der Waals surface area contributed by atoms with Crippen molar-refractivity contribution in [1.29, 1.82) is 0 Å². The molecule has 0 bridgehead atoms. The first-order valence-electron chi connectivity index (χ1n) is 34.2. The lowest BCUT2D eigenvalue weighted by atomic mass is 9.98. The number of carbonyl (C=O) groups excluding carboxylic acids is 4. The number of aromatic nitrogens is 6. The minimum Gasteiger partial charge on any atom is -0.505 e. The number of anilines is 3. The van der Waals surface area contributed by atoms with Crippen LogP contribution in [0.3, 0.4) is 0 Å². The van der Waals surface area contributed by atoms with Gasteiger partial charge in [0.25, 0.3) is 5.56 Å². The first kappa shape index (κ1) is 94.3. The lowest BCUT2D eigenvalue weighted by molar-refractivity contribution is -0.191. The Morgan fingerprint density at radius 1 is 0.462 bits per heavy atom. The van der Waals surface area contributed by atoms with Gasteiger partial charge in [-0.1, -0.05) is 115 Å². The number of rotatable bonds is 14. The summed E-state index contributed by atoms with van der Waals surface area (Å²) in [7, 11) is 0. The van der Waals surface area contributed by atoms with Crippen LogP contribution in [0.2, 0.25) is 0 Å². The number of carboxylic acid groups (broad SMARTS) is 8. The molecule has 12 aromatic rings. The Kier molecular flexibility index (Phi) is 39.1. The molecular weight excluding hydrogens is 1690 g/mol. The number of aromatic hydroxyl groups is 1. The number of hydrogen-bond acceptors (Lipinski definition) is 25. The lowest BCUT2D eigenvalue weighted by Crippen LogP contribution is -2.36. The van der Waals surface area contributed by atoms with Gasteiger partial charge in [0.15, 0.2) is 21.9 Å². The van der Waals surface area contributed by atoms with Crippen LogP contribution in [0.5, 0.6) is 5.75 Å². The van der Waals surface area contributed by atoms with Gasteiger partial charge in [0.05, 0.1) is 59.8 Å². The molecule has 0 spiro atoms. The number of aromatic carboxylic acids is 8. The molecule has 8 heterocycles. The molecule has 0 unspecified atom stereocenters. The summed E-state index contributed by atoms with van der Waals surface area (Å²) in [5, 5.41) is 78.9. The lowest BCUT2D eigenvalue weighted by Gasteiger charge is -2.28. The van der Waals surface area contributed by atoms with E-state index in [1.54, 1.807) is 103 Å². The molecular formula is C82H71Br2N9O26. The van der Waals surface area contributed by atoms with Gasteiger partial charge in [0.2, 0.25) is 5.76 Å². The topological polar surface area (TPSA) is 568 Å². The molecule has 614 valence electrons. The van der Waals surface area contributed by atoms with Gasteiger partial charge in [-0.15, -0.1) is 0 Å². The number of H-pyrrole nitrogens is 2. The number of nitrogen functional groups attached to an aromatic ring is 1. The summed E-state index contributed by atoms with van der Waals surface area (Å²) in [5.41, 5.74) is 8.88. The molecule has 0 atom stereocenters. The van der Waals surface area contributed by atoms with Gasteiger partial charge >= 0.3 is 59.6 Å². The molecule has 6 aromatic carbocycles. The zero-order valence-electron chi connectivity index (χ0n) is 62.2. The van der Waals surface area contributed by atoms with Gasteiger partial charge in [0.1, 0.15) is 22.9 Å². The van der Waals surface area contributed by atoms with Crippen molar-refractivity contribution in [2.45, 2.75) is 6.92 Å². The Balaban J connectivity index is 0.000000240. The van der Waals surface area contributed by atoms with Crippen molar-refractivity contribution in [2.75, 3.05) is 68.1 Å². The molecule has 0 saturated carbocycles. The number of aromatic amines is 2. The van der Waals surface area contributed by atoms with Crippen LogP contribution in [0, 0.1) is 6.92 Å². The number of fused-ring (bicyclic) bond motifs is 1. The van der Waals surface area contributed by atoms with E-state index in [0.717, 1.165) is 78.0 Å². The third kappa shape index (κ3) is 32.3. The Labute approximate surface area is 689 Å². The number of nitrogens with two attached hydrogens (primary N) is 1. The number of ketones is 2. The van der Waals surface area contributed by atoms with Gasteiger partial charge in [0, 0.05) is 95.0 Å². The Hall–Kier alpha value is -15.3. The van der Waals surface area contributed by atoms with E-state index in [0.29, 0.717) is 34.6 Å². The maximum Gasteiger partial charge on any atom is 0.373 e. The number of nitrogens with zero attached hydrogens (tertiary/aromatic N) is 6. The Morgan fingerprint density at radius 3 is 1.39 bits per heavy atom. The molecule has 37 heteroatoms. The van der Waals surface area contributed by atoms with Crippen molar-refractivity contribution in [3.05, 3.63) is 340 Å². The van der Waals surface area contributed by atoms with Crippen molar-refractivity contribution < 1.29 is 117 Å². The van der Waals surface area contributed by atoms with Crippen molar-refractivity contribution in [2.24, 2.45) is 0 Å². The summed E-state index contributed by atoms with van der Waals surface area (Å²) in [5.74, 6) is -8.35. The first-order valence-corrected chi connectivity index (χ1v) is 35.8. The largest absolute Gasteiger partial charge is 0.505 e. The maximum atomic E-state index is 12.2. The van der Waals surface area contributed by atoms with E-state index in [-0.39, 0.29) is 79.7 Å². The molecule has 0 amide bonds. The van der Waals surface area contributed by atoms with E-state index < -0.39 is 59.0 Å². The molecule has 0 aliphatic carbocycles. The number of aryl methyl sites for hydroxylation is 1. The monoisotopic (exact) mass is 1760 g/mol. The standard InChI is InChI=1S/C15H12O3.C14H10O3.C11H13NO3.C10H12N2O3.C10H7NO2.C6H4BrNO2.C6H5NO3.C5H3BrO3.C4H5N3O2.CO2/c1-10-6-8-11(9-7-10)14(16)12-4-2-3-5-13(12)15(17)18;15-13(10-6-2-1-3-7-10)11-8-4-5-9-12(11)14(16)17;13-11(14)9-1-3-10(4-2-9)12-5-7-15-8-6-12;13-10(14)8-1-2-9(11-7-8)12-3-5-15-6-4-12;12-10(13)8-5-7-3-1-2-4-9(7)11-6-8;7-4-1-2-5(6(9)10)8-3-4;8-4-2-1-3-7-5(4)6(9)10;6-4-2-1-3(9-4)5(7)8;5-2-1-6-4(9)7-3(2)8;2-1-3/h2-9H,1H3,(H,17,18);1-9H,(H,16,17);1-4H,5-8H2,(H,13,14);1-2,7H,3-6H2,(H,13,14);1-6H,(H,12,13);1-3H,(H,9,10);1-3,8H,(H,9,10);1-2H,(H,7,8);1H,5H2,(H2,6,7,8,9);. The van der Waals surface area contributed by atoms with Gasteiger partial charge in [-0.25, -0.2) is 58.1 Å². The number of halogens is 2. The van der Waals surface area contributed by atoms with Crippen molar-refractivity contribution >= 4 is 125 Å².